The number of aldehydes is 1. The summed E-state index contributed by atoms with van der Waals surface area (Å²) in [7, 11) is -2.31. The highest BCUT2D eigenvalue weighted by Crippen LogP contribution is 2.55. The van der Waals surface area contributed by atoms with E-state index in [1.165, 1.54) is 6.92 Å². The highest BCUT2D eigenvalue weighted by atomic mass is 32.3. The van der Waals surface area contributed by atoms with E-state index in [0.29, 0.717) is 34.0 Å². The summed E-state index contributed by atoms with van der Waals surface area (Å²) < 4.78 is 0. The highest BCUT2D eigenvalue weighted by molar-refractivity contribution is 8.59. The molecule has 2 heterocycles. The minimum Gasteiger partial charge on any atom is -0.494 e. The fourth-order valence-corrected chi connectivity index (χ4v) is 5.32. The SMILES string of the molecule is CC(=O)S1(C(=O)Nc2ccc(C(=O)c3ccc4c(C=O)c(O)[nH]c4c3)cc2)C=CC=C1. The predicted octanol–water partition coefficient (Wildman–Crippen LogP) is 4.84. The van der Waals surface area contributed by atoms with Crippen LogP contribution in [-0.4, -0.2) is 32.5 Å². The summed E-state index contributed by atoms with van der Waals surface area (Å²) in [5.74, 6) is -0.499. The molecular weight excluding hydrogens is 416 g/mol. The molecule has 3 aromatic rings. The largest absolute Gasteiger partial charge is 0.494 e. The third kappa shape index (κ3) is 3.47. The summed E-state index contributed by atoms with van der Waals surface area (Å²) in [6.45, 7) is 1.40. The second kappa shape index (κ2) is 7.73. The van der Waals surface area contributed by atoms with Crippen LogP contribution in [0.3, 0.4) is 0 Å². The van der Waals surface area contributed by atoms with Crippen LogP contribution >= 0.6 is 10.0 Å². The van der Waals surface area contributed by atoms with E-state index >= 15 is 0 Å². The molecule has 2 aromatic carbocycles. The number of amides is 1. The molecule has 1 aliphatic heterocycles. The molecular formula is C23H18N2O5S. The van der Waals surface area contributed by atoms with Crippen molar-refractivity contribution >= 4 is 49.0 Å². The summed E-state index contributed by atoms with van der Waals surface area (Å²) in [5, 5.41) is 15.7. The van der Waals surface area contributed by atoms with E-state index in [2.05, 4.69) is 10.3 Å². The molecule has 0 saturated carbocycles. The molecule has 0 atom stereocenters. The quantitative estimate of drug-likeness (QED) is 0.401. The van der Waals surface area contributed by atoms with Gasteiger partial charge in [-0.2, -0.15) is 0 Å². The molecule has 0 spiro atoms. The molecule has 1 aliphatic rings. The van der Waals surface area contributed by atoms with Crippen LogP contribution in [0.15, 0.2) is 65.4 Å². The van der Waals surface area contributed by atoms with E-state index in [9.17, 15) is 24.3 Å². The Morgan fingerprint density at radius 1 is 1.00 bits per heavy atom. The van der Waals surface area contributed by atoms with E-state index < -0.39 is 10.0 Å². The number of aromatic amines is 1. The van der Waals surface area contributed by atoms with E-state index in [0.717, 1.165) is 0 Å². The molecule has 0 aliphatic carbocycles. The van der Waals surface area contributed by atoms with Crippen molar-refractivity contribution in [2.24, 2.45) is 0 Å². The molecule has 0 fully saturated rings. The summed E-state index contributed by atoms with van der Waals surface area (Å²) in [5.41, 5.74) is 1.88. The number of carbonyl (C=O) groups is 4. The second-order valence-electron chi connectivity index (χ2n) is 6.94. The first-order valence-electron chi connectivity index (χ1n) is 9.30. The zero-order valence-electron chi connectivity index (χ0n) is 16.4. The monoisotopic (exact) mass is 434 g/mol. The Hall–Kier alpha value is -3.91. The average molecular weight is 434 g/mol. The van der Waals surface area contributed by atoms with Crippen LogP contribution in [-0.2, 0) is 4.79 Å². The fraction of sp³-hybridized carbons (Fsp3) is 0.0435. The second-order valence-corrected chi connectivity index (χ2v) is 9.85. The van der Waals surface area contributed by atoms with Gasteiger partial charge < -0.3 is 15.4 Å². The fourth-order valence-electron chi connectivity index (χ4n) is 3.37. The molecule has 0 saturated heterocycles. The standard InChI is InChI=1S/C23H18N2O5S/c1-14(27)31(10-2-3-11-31)23(30)24-17-7-4-15(5-8-17)21(28)16-6-9-18-19(13-26)22(29)25-20(18)12-16/h2-13,25,29H,1H3,(H,24,30). The minimum atomic E-state index is -2.31. The summed E-state index contributed by atoms with van der Waals surface area (Å²) in [6.07, 6.45) is 3.94. The van der Waals surface area contributed by atoms with Crippen LogP contribution in [0, 0.1) is 0 Å². The molecule has 156 valence electrons. The summed E-state index contributed by atoms with van der Waals surface area (Å²) >= 11 is 0. The van der Waals surface area contributed by atoms with Gasteiger partial charge in [-0.05, 0) is 41.1 Å². The van der Waals surface area contributed by atoms with Crippen molar-refractivity contribution in [1.82, 2.24) is 4.98 Å². The molecule has 0 radical (unpaired) electrons. The van der Waals surface area contributed by atoms with Crippen LogP contribution in [0.25, 0.3) is 10.9 Å². The van der Waals surface area contributed by atoms with Gasteiger partial charge in [-0.25, -0.2) is 0 Å². The first kappa shape index (κ1) is 20.4. The van der Waals surface area contributed by atoms with Crippen molar-refractivity contribution in [3.05, 3.63) is 82.1 Å². The number of benzene rings is 2. The third-order valence-corrected chi connectivity index (χ3v) is 7.91. The maximum atomic E-state index is 12.8. The van der Waals surface area contributed by atoms with Gasteiger partial charge >= 0.3 is 0 Å². The number of aromatic nitrogens is 1. The number of hydrogen-bond acceptors (Lipinski definition) is 5. The van der Waals surface area contributed by atoms with Gasteiger partial charge in [0.1, 0.15) is 0 Å². The van der Waals surface area contributed by atoms with Gasteiger partial charge in [0.05, 0.1) is 5.56 Å². The lowest BCUT2D eigenvalue weighted by Crippen LogP contribution is -2.20. The Balaban J connectivity index is 1.55. The Bertz CT molecular complexity index is 1290. The van der Waals surface area contributed by atoms with E-state index in [1.807, 2.05) is 0 Å². The molecule has 1 aromatic heterocycles. The van der Waals surface area contributed by atoms with E-state index in [4.69, 9.17) is 0 Å². The number of aromatic hydroxyl groups is 1. The number of hydrogen-bond donors (Lipinski definition) is 3. The number of carbonyl (C=O) groups excluding carboxylic acids is 4. The minimum absolute atomic E-state index is 0.145. The maximum Gasteiger partial charge on any atom is 0.279 e. The molecule has 0 unspecified atom stereocenters. The number of rotatable bonds is 4. The Morgan fingerprint density at radius 3 is 2.26 bits per heavy atom. The first-order valence-corrected chi connectivity index (χ1v) is 11.1. The average Bonchev–Trinajstić information content (AvgIpc) is 3.38. The predicted molar refractivity (Wildman–Crippen MR) is 121 cm³/mol. The number of allylic oxidation sites excluding steroid dienone is 2. The van der Waals surface area contributed by atoms with Gasteiger partial charge in [0.2, 0.25) is 0 Å². The summed E-state index contributed by atoms with van der Waals surface area (Å²) in [6, 6.07) is 11.1. The van der Waals surface area contributed by atoms with Crippen molar-refractivity contribution in [3.8, 4) is 5.88 Å². The first-order chi connectivity index (χ1) is 14.9. The zero-order valence-corrected chi connectivity index (χ0v) is 17.2. The van der Waals surface area contributed by atoms with Crippen LogP contribution in [0.4, 0.5) is 10.5 Å². The van der Waals surface area contributed by atoms with Crippen molar-refractivity contribution in [2.75, 3.05) is 5.32 Å². The lowest BCUT2D eigenvalue weighted by molar-refractivity contribution is -0.109. The van der Waals surface area contributed by atoms with E-state index in [1.54, 1.807) is 65.4 Å². The molecule has 7 nitrogen and oxygen atoms in total. The zero-order chi connectivity index (χ0) is 22.2. The number of ketones is 1. The molecule has 3 N–H and O–H groups in total. The van der Waals surface area contributed by atoms with Gasteiger partial charge in [0.15, 0.2) is 23.1 Å². The van der Waals surface area contributed by atoms with Gasteiger partial charge in [0, 0.05) is 34.6 Å². The van der Waals surface area contributed by atoms with Crippen molar-refractivity contribution in [2.45, 2.75) is 6.92 Å². The third-order valence-electron chi connectivity index (χ3n) is 5.07. The molecule has 8 heteroatoms. The Labute approximate surface area is 178 Å². The molecule has 0 bridgehead atoms. The van der Waals surface area contributed by atoms with Crippen molar-refractivity contribution in [1.29, 1.82) is 0 Å². The van der Waals surface area contributed by atoms with Crippen molar-refractivity contribution < 1.29 is 24.3 Å². The van der Waals surface area contributed by atoms with Gasteiger partial charge in [-0.3, -0.25) is 19.2 Å². The van der Waals surface area contributed by atoms with E-state index in [-0.39, 0.29) is 27.6 Å². The number of anilines is 1. The maximum absolute atomic E-state index is 12.8. The summed E-state index contributed by atoms with van der Waals surface area (Å²) in [4.78, 5) is 51.3. The lowest BCUT2D eigenvalue weighted by Gasteiger charge is -2.26. The van der Waals surface area contributed by atoms with Gasteiger partial charge in [0.25, 0.3) is 5.24 Å². The Morgan fingerprint density at radius 2 is 1.65 bits per heavy atom. The topological polar surface area (TPSA) is 116 Å². The number of H-pyrrole nitrogens is 1. The molecule has 1 amide bonds. The molecule has 31 heavy (non-hydrogen) atoms. The highest BCUT2D eigenvalue weighted by Gasteiger charge is 2.34. The smallest absolute Gasteiger partial charge is 0.279 e. The van der Waals surface area contributed by atoms with Crippen LogP contribution in [0.1, 0.15) is 33.2 Å². The molecule has 4 rings (SSSR count). The number of nitrogens with one attached hydrogen (secondary N) is 2. The van der Waals surface area contributed by atoms with Gasteiger partial charge in [-0.15, -0.1) is 0 Å². The number of fused-ring (bicyclic) bond motifs is 1. The van der Waals surface area contributed by atoms with Crippen LogP contribution < -0.4 is 5.32 Å². The van der Waals surface area contributed by atoms with Crippen LogP contribution in [0.5, 0.6) is 5.88 Å². The van der Waals surface area contributed by atoms with Gasteiger partial charge in [-0.1, -0.05) is 34.3 Å². The normalized spacial score (nSPS) is 15.0. The Kier molecular flexibility index (Phi) is 5.08. The van der Waals surface area contributed by atoms with Crippen LogP contribution in [0.2, 0.25) is 0 Å². The van der Waals surface area contributed by atoms with Crippen molar-refractivity contribution in [3.63, 3.8) is 0 Å². The lowest BCUT2D eigenvalue weighted by atomic mass is 10.0.